The summed E-state index contributed by atoms with van der Waals surface area (Å²) >= 11 is 0. The highest BCUT2D eigenvalue weighted by Crippen LogP contribution is 1.98. The number of ether oxygens (including phenoxy) is 3. The van der Waals surface area contributed by atoms with Gasteiger partial charge in [-0.05, 0) is 12.2 Å². The SMILES string of the molecule is C=C/C=C(\C#N)C(=O)OCCOCCOC(=O)/C(C#N)=C/C=C. The average Bonchev–Trinajstić information content (AvgIpc) is 2.56. The van der Waals surface area contributed by atoms with Gasteiger partial charge in [0.15, 0.2) is 0 Å². The standard InChI is InChI=1S/C16H16N2O5/c1-3-5-13(11-17)15(19)22-9-7-21-8-10-23-16(20)14(12-18)6-4-2/h3-6H,1-2,7-10H2/b13-5+,14-6+. The van der Waals surface area contributed by atoms with Crippen LogP contribution in [0.15, 0.2) is 48.6 Å². The lowest BCUT2D eigenvalue weighted by Crippen LogP contribution is -2.15. The van der Waals surface area contributed by atoms with E-state index in [-0.39, 0.29) is 37.6 Å². The van der Waals surface area contributed by atoms with Crippen LogP contribution in [0.2, 0.25) is 0 Å². The van der Waals surface area contributed by atoms with Crippen LogP contribution >= 0.6 is 0 Å². The van der Waals surface area contributed by atoms with Crippen LogP contribution in [0.4, 0.5) is 0 Å². The number of esters is 2. The third-order valence-corrected chi connectivity index (χ3v) is 2.17. The Morgan fingerprint density at radius 2 is 1.22 bits per heavy atom. The van der Waals surface area contributed by atoms with Crippen molar-refractivity contribution in [2.75, 3.05) is 26.4 Å². The van der Waals surface area contributed by atoms with Gasteiger partial charge < -0.3 is 14.2 Å². The molecular formula is C16H16N2O5. The maximum atomic E-state index is 11.4. The molecule has 0 N–H and O–H groups in total. The van der Waals surface area contributed by atoms with E-state index in [0.717, 1.165) is 0 Å². The highest BCUT2D eigenvalue weighted by Gasteiger charge is 2.10. The van der Waals surface area contributed by atoms with E-state index in [2.05, 4.69) is 13.2 Å². The molecule has 0 heterocycles. The quantitative estimate of drug-likeness (QED) is 0.197. The molecule has 0 atom stereocenters. The molecule has 0 fully saturated rings. The Morgan fingerprint density at radius 1 is 0.826 bits per heavy atom. The van der Waals surface area contributed by atoms with Crippen LogP contribution in [0.3, 0.4) is 0 Å². The fraction of sp³-hybridized carbons (Fsp3) is 0.250. The van der Waals surface area contributed by atoms with Crippen molar-refractivity contribution in [3.05, 3.63) is 48.6 Å². The predicted octanol–water partition coefficient (Wildman–Crippen LogP) is 1.36. The van der Waals surface area contributed by atoms with Crippen LogP contribution in [0.25, 0.3) is 0 Å². The molecule has 0 rings (SSSR count). The van der Waals surface area contributed by atoms with Crippen molar-refractivity contribution in [2.45, 2.75) is 0 Å². The molecule has 0 aromatic heterocycles. The Bertz CT molecular complexity index is 539. The molecule has 0 saturated carbocycles. The van der Waals surface area contributed by atoms with E-state index in [1.807, 2.05) is 0 Å². The lowest BCUT2D eigenvalue weighted by atomic mass is 10.3. The van der Waals surface area contributed by atoms with E-state index in [9.17, 15) is 9.59 Å². The van der Waals surface area contributed by atoms with Gasteiger partial charge in [-0.2, -0.15) is 10.5 Å². The van der Waals surface area contributed by atoms with Crippen LogP contribution in [-0.4, -0.2) is 38.4 Å². The summed E-state index contributed by atoms with van der Waals surface area (Å²) in [6.45, 7) is 6.79. The van der Waals surface area contributed by atoms with E-state index in [1.165, 1.54) is 24.3 Å². The molecule has 0 aliphatic carbocycles. The van der Waals surface area contributed by atoms with Crippen molar-refractivity contribution in [3.8, 4) is 12.1 Å². The fourth-order valence-corrected chi connectivity index (χ4v) is 1.18. The first-order chi connectivity index (χ1) is 11.1. The van der Waals surface area contributed by atoms with Crippen LogP contribution in [0.1, 0.15) is 0 Å². The van der Waals surface area contributed by atoms with Crippen molar-refractivity contribution in [1.82, 2.24) is 0 Å². The van der Waals surface area contributed by atoms with E-state index < -0.39 is 11.9 Å². The van der Waals surface area contributed by atoms with E-state index in [4.69, 9.17) is 24.7 Å². The first-order valence-corrected chi connectivity index (χ1v) is 6.48. The average molecular weight is 316 g/mol. The molecule has 120 valence electrons. The number of allylic oxidation sites excluding steroid dienone is 4. The maximum Gasteiger partial charge on any atom is 0.348 e. The van der Waals surface area contributed by atoms with Gasteiger partial charge in [-0.1, -0.05) is 25.3 Å². The molecule has 0 aliphatic rings. The number of hydrogen-bond donors (Lipinski definition) is 0. The smallest absolute Gasteiger partial charge is 0.348 e. The van der Waals surface area contributed by atoms with Gasteiger partial charge in [0.05, 0.1) is 13.2 Å². The van der Waals surface area contributed by atoms with E-state index >= 15 is 0 Å². The summed E-state index contributed by atoms with van der Waals surface area (Å²) in [7, 11) is 0. The van der Waals surface area contributed by atoms with Crippen molar-refractivity contribution in [1.29, 1.82) is 10.5 Å². The third-order valence-electron chi connectivity index (χ3n) is 2.17. The van der Waals surface area contributed by atoms with Gasteiger partial charge in [0.25, 0.3) is 0 Å². The highest BCUT2D eigenvalue weighted by molar-refractivity contribution is 5.93. The Balaban J connectivity index is 3.88. The summed E-state index contributed by atoms with van der Waals surface area (Å²) in [5, 5.41) is 17.4. The van der Waals surface area contributed by atoms with Crippen molar-refractivity contribution in [3.63, 3.8) is 0 Å². The summed E-state index contributed by atoms with van der Waals surface area (Å²) < 4.78 is 14.7. The predicted molar refractivity (Wildman–Crippen MR) is 80.5 cm³/mol. The van der Waals surface area contributed by atoms with Crippen LogP contribution < -0.4 is 0 Å². The van der Waals surface area contributed by atoms with Crippen molar-refractivity contribution < 1.29 is 23.8 Å². The number of carbonyl (C=O) groups is 2. The summed E-state index contributed by atoms with van der Waals surface area (Å²) in [6.07, 6.45) is 5.10. The van der Waals surface area contributed by atoms with Crippen molar-refractivity contribution >= 4 is 11.9 Å². The number of nitriles is 2. The molecule has 0 radical (unpaired) electrons. The Morgan fingerprint density at radius 3 is 1.52 bits per heavy atom. The number of rotatable bonds is 10. The van der Waals surface area contributed by atoms with Gasteiger partial charge in [-0.15, -0.1) is 0 Å². The van der Waals surface area contributed by atoms with Gasteiger partial charge in [0.1, 0.15) is 36.5 Å². The van der Waals surface area contributed by atoms with Gasteiger partial charge in [-0.25, -0.2) is 9.59 Å². The van der Waals surface area contributed by atoms with Crippen molar-refractivity contribution in [2.24, 2.45) is 0 Å². The molecule has 23 heavy (non-hydrogen) atoms. The van der Waals surface area contributed by atoms with Gasteiger partial charge in [0, 0.05) is 0 Å². The summed E-state index contributed by atoms with van der Waals surface area (Å²) in [6, 6.07) is 3.36. The first-order valence-electron chi connectivity index (χ1n) is 6.48. The normalized spacial score (nSPS) is 10.9. The fourth-order valence-electron chi connectivity index (χ4n) is 1.18. The van der Waals surface area contributed by atoms with Crippen LogP contribution in [0, 0.1) is 22.7 Å². The molecule has 0 bridgehead atoms. The topological polar surface area (TPSA) is 109 Å². The molecule has 7 nitrogen and oxygen atoms in total. The lowest BCUT2D eigenvalue weighted by molar-refractivity contribution is -0.141. The van der Waals surface area contributed by atoms with Crippen LogP contribution in [0.5, 0.6) is 0 Å². The molecule has 0 saturated heterocycles. The lowest BCUT2D eigenvalue weighted by Gasteiger charge is -2.06. The molecule has 0 amide bonds. The van der Waals surface area contributed by atoms with Gasteiger partial charge in [0.2, 0.25) is 0 Å². The van der Waals surface area contributed by atoms with E-state index in [1.54, 1.807) is 12.1 Å². The second kappa shape index (κ2) is 12.6. The minimum absolute atomic E-state index is 0.0528. The number of hydrogen-bond acceptors (Lipinski definition) is 7. The minimum atomic E-state index is -0.768. The molecule has 0 aliphatic heterocycles. The number of carbonyl (C=O) groups excluding carboxylic acids is 2. The Hall–Kier alpha value is -3.16. The summed E-state index contributed by atoms with van der Waals surface area (Å²) in [5.74, 6) is -1.54. The highest BCUT2D eigenvalue weighted by atomic mass is 16.6. The molecule has 0 spiro atoms. The molecule has 7 heteroatoms. The third kappa shape index (κ3) is 8.66. The largest absolute Gasteiger partial charge is 0.459 e. The first kappa shape index (κ1) is 19.8. The second-order valence-corrected chi connectivity index (χ2v) is 3.74. The zero-order valence-electron chi connectivity index (χ0n) is 12.5. The molecule has 0 unspecified atom stereocenters. The molecular weight excluding hydrogens is 300 g/mol. The maximum absolute atomic E-state index is 11.4. The van der Waals surface area contributed by atoms with Gasteiger partial charge >= 0.3 is 11.9 Å². The summed E-state index contributed by atoms with van der Waals surface area (Å²) in [5.41, 5.74) is -0.320. The minimum Gasteiger partial charge on any atom is -0.459 e. The van der Waals surface area contributed by atoms with Gasteiger partial charge in [-0.3, -0.25) is 0 Å². The second-order valence-electron chi connectivity index (χ2n) is 3.74. The zero-order chi connectivity index (χ0) is 17.5. The molecule has 0 aromatic carbocycles. The van der Waals surface area contributed by atoms with Crippen LogP contribution in [-0.2, 0) is 23.8 Å². The number of nitrogens with zero attached hydrogens (tertiary/aromatic N) is 2. The molecule has 0 aromatic rings. The monoisotopic (exact) mass is 316 g/mol. The Kier molecular flexibility index (Phi) is 10.8. The zero-order valence-corrected chi connectivity index (χ0v) is 12.5. The summed E-state index contributed by atoms with van der Waals surface area (Å²) in [4.78, 5) is 22.8. The van der Waals surface area contributed by atoms with E-state index in [0.29, 0.717) is 0 Å². The Labute approximate surface area is 134 Å².